The summed E-state index contributed by atoms with van der Waals surface area (Å²) in [6, 6.07) is 6.82. The Kier molecular flexibility index (Phi) is 8.00. The summed E-state index contributed by atoms with van der Waals surface area (Å²) in [6.07, 6.45) is 1.47. The Morgan fingerprint density at radius 3 is 2.44 bits per heavy atom. The molecular weight excluding hydrogens is 324 g/mol. The smallest absolute Gasteiger partial charge is 0.344 e. The zero-order chi connectivity index (χ0) is 18.8. The van der Waals surface area contributed by atoms with Gasteiger partial charge in [-0.05, 0) is 37.6 Å². The lowest BCUT2D eigenvalue weighted by atomic mass is 10.1. The van der Waals surface area contributed by atoms with Crippen molar-refractivity contribution in [2.24, 2.45) is 0 Å². The van der Waals surface area contributed by atoms with Crippen LogP contribution < -0.4 is 9.47 Å². The van der Waals surface area contributed by atoms with Gasteiger partial charge in [-0.25, -0.2) is 4.79 Å². The highest BCUT2D eigenvalue weighted by atomic mass is 16.6. The molecule has 0 atom stereocenters. The Hall–Kier alpha value is -3.01. The normalized spacial score (nSPS) is 10.6. The predicted octanol–water partition coefficient (Wildman–Crippen LogP) is 2.02. The van der Waals surface area contributed by atoms with E-state index in [4.69, 9.17) is 19.5 Å². The third-order valence-electron chi connectivity index (χ3n) is 2.99. The minimum Gasteiger partial charge on any atom is -0.490 e. The molecular formula is C18H22N2O5. The number of ether oxygens (including phenoxy) is 3. The Bertz CT molecular complexity index is 689. The van der Waals surface area contributed by atoms with Crippen LogP contribution in [0.3, 0.4) is 0 Å². The van der Waals surface area contributed by atoms with Gasteiger partial charge in [-0.15, -0.1) is 0 Å². The largest absolute Gasteiger partial charge is 0.490 e. The summed E-state index contributed by atoms with van der Waals surface area (Å²) >= 11 is 0. The van der Waals surface area contributed by atoms with Gasteiger partial charge < -0.3 is 19.1 Å². The topological polar surface area (TPSA) is 88.9 Å². The number of carbonyl (C=O) groups excluding carboxylic acids is 2. The highest BCUT2D eigenvalue weighted by Crippen LogP contribution is 2.29. The molecule has 0 bridgehead atoms. The first kappa shape index (κ1) is 20.0. The molecule has 1 aromatic rings. The Morgan fingerprint density at radius 1 is 1.16 bits per heavy atom. The van der Waals surface area contributed by atoms with Crippen LogP contribution in [0.2, 0.25) is 0 Å². The van der Waals surface area contributed by atoms with Crippen molar-refractivity contribution in [3.8, 4) is 17.6 Å². The van der Waals surface area contributed by atoms with Gasteiger partial charge in [0.05, 0.1) is 13.2 Å². The first-order valence-electron chi connectivity index (χ1n) is 7.81. The maximum absolute atomic E-state index is 11.9. The summed E-state index contributed by atoms with van der Waals surface area (Å²) in [5.41, 5.74) is 0.617. The van der Waals surface area contributed by atoms with Crippen LogP contribution in [-0.2, 0) is 14.3 Å². The molecule has 0 heterocycles. The maximum atomic E-state index is 11.9. The molecule has 0 saturated carbocycles. The van der Waals surface area contributed by atoms with Crippen LogP contribution >= 0.6 is 0 Å². The van der Waals surface area contributed by atoms with E-state index in [-0.39, 0.29) is 24.7 Å². The van der Waals surface area contributed by atoms with Crippen molar-refractivity contribution >= 4 is 18.0 Å². The van der Waals surface area contributed by atoms with E-state index >= 15 is 0 Å². The first-order valence-corrected chi connectivity index (χ1v) is 7.81. The van der Waals surface area contributed by atoms with E-state index in [9.17, 15) is 9.59 Å². The number of benzene rings is 1. The van der Waals surface area contributed by atoms with Gasteiger partial charge in [0.15, 0.2) is 18.1 Å². The number of carbonyl (C=O) groups is 2. The molecule has 1 rings (SSSR count). The van der Waals surface area contributed by atoms with Gasteiger partial charge in [0.1, 0.15) is 11.6 Å². The van der Waals surface area contributed by atoms with E-state index in [1.807, 2.05) is 13.0 Å². The van der Waals surface area contributed by atoms with Crippen LogP contribution in [-0.4, -0.2) is 50.7 Å². The van der Waals surface area contributed by atoms with Crippen molar-refractivity contribution in [1.82, 2.24) is 4.90 Å². The van der Waals surface area contributed by atoms with E-state index < -0.39 is 5.97 Å². The summed E-state index contributed by atoms with van der Waals surface area (Å²) < 4.78 is 15.7. The van der Waals surface area contributed by atoms with Crippen LogP contribution in [0.5, 0.6) is 11.5 Å². The van der Waals surface area contributed by atoms with Crippen LogP contribution in [0, 0.1) is 11.3 Å². The summed E-state index contributed by atoms with van der Waals surface area (Å²) in [4.78, 5) is 24.7. The summed E-state index contributed by atoms with van der Waals surface area (Å²) in [5, 5.41) is 9.16. The van der Waals surface area contributed by atoms with Crippen molar-refractivity contribution < 1.29 is 23.8 Å². The molecule has 0 aliphatic rings. The van der Waals surface area contributed by atoms with E-state index in [0.717, 1.165) is 0 Å². The van der Waals surface area contributed by atoms with Gasteiger partial charge in [0, 0.05) is 14.1 Å². The molecule has 0 aliphatic heterocycles. The Morgan fingerprint density at radius 2 is 1.88 bits per heavy atom. The van der Waals surface area contributed by atoms with Crippen molar-refractivity contribution in [3.05, 3.63) is 29.3 Å². The van der Waals surface area contributed by atoms with Crippen LogP contribution in [0.25, 0.3) is 6.08 Å². The molecule has 0 aliphatic carbocycles. The van der Waals surface area contributed by atoms with E-state index in [2.05, 4.69) is 0 Å². The third kappa shape index (κ3) is 6.18. The molecule has 0 aromatic heterocycles. The molecule has 1 aromatic carbocycles. The highest BCUT2D eigenvalue weighted by molar-refractivity contribution is 6.01. The number of nitrogens with zero attached hydrogens (tertiary/aromatic N) is 2. The zero-order valence-electron chi connectivity index (χ0n) is 14.9. The third-order valence-corrected chi connectivity index (χ3v) is 2.99. The van der Waals surface area contributed by atoms with Crippen LogP contribution in [0.15, 0.2) is 23.8 Å². The fraction of sp³-hybridized carbons (Fsp3) is 0.389. The monoisotopic (exact) mass is 346 g/mol. The summed E-state index contributed by atoms with van der Waals surface area (Å²) in [6.45, 7) is 3.97. The second-order valence-corrected chi connectivity index (χ2v) is 5.10. The average molecular weight is 346 g/mol. The number of hydrogen-bond donors (Lipinski definition) is 0. The van der Waals surface area contributed by atoms with Gasteiger partial charge in [-0.3, -0.25) is 4.79 Å². The second kappa shape index (κ2) is 9.98. The number of nitriles is 1. The number of rotatable bonds is 8. The van der Waals surface area contributed by atoms with Gasteiger partial charge in [-0.1, -0.05) is 6.07 Å². The molecule has 7 heteroatoms. The molecule has 0 spiro atoms. The Balaban J connectivity index is 3.05. The molecule has 0 fully saturated rings. The maximum Gasteiger partial charge on any atom is 0.344 e. The van der Waals surface area contributed by atoms with Gasteiger partial charge in [0.25, 0.3) is 5.91 Å². The van der Waals surface area contributed by atoms with Crippen LogP contribution in [0.4, 0.5) is 0 Å². The standard InChI is InChI=1S/C18H22N2O5/c1-5-23-16-10-13(9-14(11-19)18(22)20(3)4)7-8-15(16)25-12-17(21)24-6-2/h7-10H,5-6,12H2,1-4H3/b14-9-. The molecule has 134 valence electrons. The number of esters is 1. The highest BCUT2D eigenvalue weighted by Gasteiger charge is 2.13. The lowest BCUT2D eigenvalue weighted by Crippen LogP contribution is -2.22. The molecule has 0 unspecified atom stereocenters. The van der Waals surface area contributed by atoms with E-state index in [0.29, 0.717) is 23.7 Å². The van der Waals surface area contributed by atoms with Crippen molar-refractivity contribution in [2.75, 3.05) is 33.9 Å². The number of amides is 1. The van der Waals surface area contributed by atoms with Crippen molar-refractivity contribution in [1.29, 1.82) is 5.26 Å². The van der Waals surface area contributed by atoms with Gasteiger partial charge in [-0.2, -0.15) is 5.26 Å². The molecule has 7 nitrogen and oxygen atoms in total. The first-order chi connectivity index (χ1) is 11.9. The lowest BCUT2D eigenvalue weighted by molar-refractivity contribution is -0.145. The SMILES string of the molecule is CCOC(=O)COc1ccc(/C=C(/C#N)C(=O)N(C)C)cc1OCC. The summed E-state index contributed by atoms with van der Waals surface area (Å²) in [5.74, 6) is -0.0694. The number of likely N-dealkylation sites (N-methyl/N-ethyl adjacent to an activating group) is 1. The average Bonchev–Trinajstić information content (AvgIpc) is 2.58. The molecule has 25 heavy (non-hydrogen) atoms. The van der Waals surface area contributed by atoms with Crippen LogP contribution in [0.1, 0.15) is 19.4 Å². The lowest BCUT2D eigenvalue weighted by Gasteiger charge is -2.13. The molecule has 0 N–H and O–H groups in total. The summed E-state index contributed by atoms with van der Waals surface area (Å²) in [7, 11) is 3.15. The molecule has 0 radical (unpaired) electrons. The fourth-order valence-corrected chi connectivity index (χ4v) is 1.89. The minimum atomic E-state index is -0.475. The predicted molar refractivity (Wildman–Crippen MR) is 92.0 cm³/mol. The number of hydrogen-bond acceptors (Lipinski definition) is 6. The Labute approximate surface area is 147 Å². The second-order valence-electron chi connectivity index (χ2n) is 5.10. The van der Waals surface area contributed by atoms with Gasteiger partial charge >= 0.3 is 5.97 Å². The quantitative estimate of drug-likeness (QED) is 0.406. The fourth-order valence-electron chi connectivity index (χ4n) is 1.89. The molecule has 0 saturated heterocycles. The van der Waals surface area contributed by atoms with Gasteiger partial charge in [0.2, 0.25) is 0 Å². The van der Waals surface area contributed by atoms with Crippen molar-refractivity contribution in [3.63, 3.8) is 0 Å². The van der Waals surface area contributed by atoms with Crippen molar-refractivity contribution in [2.45, 2.75) is 13.8 Å². The van der Waals surface area contributed by atoms with E-state index in [1.165, 1.54) is 11.0 Å². The molecule has 1 amide bonds. The van der Waals surface area contributed by atoms with E-state index in [1.54, 1.807) is 39.2 Å². The minimum absolute atomic E-state index is 0.00707. The zero-order valence-corrected chi connectivity index (χ0v) is 14.9.